The Morgan fingerprint density at radius 2 is 2.06 bits per heavy atom. The summed E-state index contributed by atoms with van der Waals surface area (Å²) < 4.78 is 5.38. The molecule has 0 aliphatic carbocycles. The predicted molar refractivity (Wildman–Crippen MR) is 74.4 cm³/mol. The number of nitrogen functional groups attached to an aromatic ring is 1. The van der Waals surface area contributed by atoms with Gasteiger partial charge in [-0.15, -0.1) is 0 Å². The molecule has 0 atom stereocenters. The first-order valence-corrected chi connectivity index (χ1v) is 6.34. The highest BCUT2D eigenvalue weighted by Gasteiger charge is 2.19. The zero-order valence-electron chi connectivity index (χ0n) is 11.1. The summed E-state index contributed by atoms with van der Waals surface area (Å²) in [7, 11) is 1.78. The first-order valence-electron chi connectivity index (χ1n) is 6.34. The fourth-order valence-electron chi connectivity index (χ4n) is 2.50. The monoisotopic (exact) mass is 247 g/mol. The first kappa shape index (κ1) is 12.9. The minimum atomic E-state index is 0.136. The average Bonchev–Trinajstić information content (AvgIpc) is 2.38. The van der Waals surface area contributed by atoms with Crippen LogP contribution in [0.2, 0.25) is 0 Å². The van der Waals surface area contributed by atoms with E-state index in [0.29, 0.717) is 6.10 Å². The summed E-state index contributed by atoms with van der Waals surface area (Å²) >= 11 is 0. The van der Waals surface area contributed by atoms with E-state index in [2.05, 4.69) is 17.0 Å². The Balaban J connectivity index is 2.11. The Bertz CT molecular complexity index is 437. The van der Waals surface area contributed by atoms with Crippen LogP contribution in [0.5, 0.6) is 0 Å². The van der Waals surface area contributed by atoms with Gasteiger partial charge in [-0.1, -0.05) is 0 Å². The summed E-state index contributed by atoms with van der Waals surface area (Å²) in [4.78, 5) is 2.37. The van der Waals surface area contributed by atoms with Gasteiger partial charge >= 0.3 is 0 Å². The van der Waals surface area contributed by atoms with E-state index in [1.165, 1.54) is 5.69 Å². The van der Waals surface area contributed by atoms with Crippen molar-refractivity contribution in [1.29, 1.82) is 5.41 Å². The minimum Gasteiger partial charge on any atom is -0.384 e. The zero-order chi connectivity index (χ0) is 13.1. The number of piperidine rings is 1. The van der Waals surface area contributed by atoms with Crippen molar-refractivity contribution in [2.75, 3.05) is 25.1 Å². The van der Waals surface area contributed by atoms with Crippen LogP contribution in [0, 0.1) is 12.3 Å². The maximum atomic E-state index is 7.49. The fourth-order valence-corrected chi connectivity index (χ4v) is 2.50. The van der Waals surface area contributed by atoms with E-state index < -0.39 is 0 Å². The molecule has 0 bridgehead atoms. The number of amidine groups is 1. The van der Waals surface area contributed by atoms with Gasteiger partial charge in [0, 0.05) is 31.5 Å². The lowest BCUT2D eigenvalue weighted by molar-refractivity contribution is 0.0819. The molecule has 0 saturated carbocycles. The summed E-state index contributed by atoms with van der Waals surface area (Å²) in [6, 6.07) is 6.11. The highest BCUT2D eigenvalue weighted by molar-refractivity contribution is 5.96. The van der Waals surface area contributed by atoms with Gasteiger partial charge in [-0.2, -0.15) is 0 Å². The molecule has 3 N–H and O–H groups in total. The Labute approximate surface area is 108 Å². The highest BCUT2D eigenvalue weighted by Crippen LogP contribution is 2.23. The van der Waals surface area contributed by atoms with E-state index in [1.54, 1.807) is 7.11 Å². The van der Waals surface area contributed by atoms with E-state index in [4.69, 9.17) is 15.9 Å². The van der Waals surface area contributed by atoms with E-state index in [0.717, 1.165) is 37.1 Å². The maximum absolute atomic E-state index is 7.49. The van der Waals surface area contributed by atoms with E-state index in [-0.39, 0.29) is 5.84 Å². The van der Waals surface area contributed by atoms with Crippen LogP contribution in [0.15, 0.2) is 18.2 Å². The van der Waals surface area contributed by atoms with Gasteiger partial charge in [-0.3, -0.25) is 5.41 Å². The number of benzene rings is 1. The van der Waals surface area contributed by atoms with Crippen molar-refractivity contribution in [2.45, 2.75) is 25.9 Å². The van der Waals surface area contributed by atoms with Gasteiger partial charge < -0.3 is 15.4 Å². The topological polar surface area (TPSA) is 62.3 Å². The molecule has 1 heterocycles. The van der Waals surface area contributed by atoms with Crippen LogP contribution in [0.3, 0.4) is 0 Å². The number of hydrogen-bond donors (Lipinski definition) is 2. The van der Waals surface area contributed by atoms with Crippen molar-refractivity contribution in [1.82, 2.24) is 0 Å². The van der Waals surface area contributed by atoms with Gasteiger partial charge in [0.25, 0.3) is 0 Å². The van der Waals surface area contributed by atoms with Gasteiger partial charge in [-0.05, 0) is 43.5 Å². The summed E-state index contributed by atoms with van der Waals surface area (Å²) in [5, 5.41) is 7.49. The molecule has 18 heavy (non-hydrogen) atoms. The molecule has 4 nitrogen and oxygen atoms in total. The maximum Gasteiger partial charge on any atom is 0.123 e. The Kier molecular flexibility index (Phi) is 3.87. The quantitative estimate of drug-likeness (QED) is 0.633. The smallest absolute Gasteiger partial charge is 0.123 e. The number of anilines is 1. The lowest BCUT2D eigenvalue weighted by Gasteiger charge is -2.33. The molecule has 0 amide bonds. The second-order valence-corrected chi connectivity index (χ2v) is 4.84. The number of rotatable bonds is 3. The molecule has 1 aromatic rings. The molecule has 0 unspecified atom stereocenters. The Morgan fingerprint density at radius 3 is 2.56 bits per heavy atom. The van der Waals surface area contributed by atoms with Gasteiger partial charge in [0.05, 0.1) is 6.10 Å². The SMILES string of the molecule is COC1CCN(c2ccc(C(=N)N)c(C)c2)CC1. The number of nitrogens with two attached hydrogens (primary N) is 1. The molecule has 1 aromatic carbocycles. The van der Waals surface area contributed by atoms with E-state index in [9.17, 15) is 0 Å². The first-order chi connectivity index (χ1) is 8.61. The van der Waals surface area contributed by atoms with Crippen LogP contribution in [0.25, 0.3) is 0 Å². The van der Waals surface area contributed by atoms with Crippen LogP contribution in [-0.4, -0.2) is 32.1 Å². The highest BCUT2D eigenvalue weighted by atomic mass is 16.5. The number of methoxy groups -OCH3 is 1. The number of hydrogen-bond acceptors (Lipinski definition) is 3. The van der Waals surface area contributed by atoms with Crippen LogP contribution < -0.4 is 10.6 Å². The standard InChI is InChI=1S/C14H21N3O/c1-10-9-11(3-4-13(10)14(15)16)17-7-5-12(18-2)6-8-17/h3-4,9,12H,5-8H2,1-2H3,(H3,15,16). The van der Waals surface area contributed by atoms with E-state index >= 15 is 0 Å². The number of nitrogens with zero attached hydrogens (tertiary/aromatic N) is 1. The van der Waals surface area contributed by atoms with Crippen LogP contribution in [-0.2, 0) is 4.74 Å². The van der Waals surface area contributed by atoms with Crippen molar-refractivity contribution in [3.05, 3.63) is 29.3 Å². The normalized spacial score (nSPS) is 16.9. The summed E-state index contributed by atoms with van der Waals surface area (Å²) in [6.45, 7) is 4.05. The molecule has 2 rings (SSSR count). The third kappa shape index (κ3) is 2.64. The molecular weight excluding hydrogens is 226 g/mol. The molecule has 0 spiro atoms. The van der Waals surface area contributed by atoms with Crippen LogP contribution in [0.1, 0.15) is 24.0 Å². The summed E-state index contributed by atoms with van der Waals surface area (Å²) in [5.41, 5.74) is 8.64. The van der Waals surface area contributed by atoms with Crippen LogP contribution in [0.4, 0.5) is 5.69 Å². The predicted octanol–water partition coefficient (Wildman–Crippen LogP) is 1.89. The third-order valence-electron chi connectivity index (χ3n) is 3.64. The molecule has 0 radical (unpaired) electrons. The second-order valence-electron chi connectivity index (χ2n) is 4.84. The molecule has 1 aliphatic heterocycles. The minimum absolute atomic E-state index is 0.136. The van der Waals surface area contributed by atoms with E-state index in [1.807, 2.05) is 13.0 Å². The lowest BCUT2D eigenvalue weighted by atomic mass is 10.0. The molecule has 1 saturated heterocycles. The van der Waals surface area contributed by atoms with Crippen molar-refractivity contribution in [3.63, 3.8) is 0 Å². The number of aryl methyl sites for hydroxylation is 1. The third-order valence-corrected chi connectivity index (χ3v) is 3.64. The molecular formula is C14H21N3O. The van der Waals surface area contributed by atoms with Crippen molar-refractivity contribution < 1.29 is 4.74 Å². The van der Waals surface area contributed by atoms with Crippen LogP contribution >= 0.6 is 0 Å². The fraction of sp³-hybridized carbons (Fsp3) is 0.500. The number of nitrogens with one attached hydrogen (secondary N) is 1. The number of ether oxygens (including phenoxy) is 1. The van der Waals surface area contributed by atoms with Gasteiger partial charge in [-0.25, -0.2) is 0 Å². The van der Waals surface area contributed by atoms with Crippen molar-refractivity contribution in [3.8, 4) is 0 Å². The van der Waals surface area contributed by atoms with Gasteiger partial charge in [0.2, 0.25) is 0 Å². The average molecular weight is 247 g/mol. The molecule has 0 aromatic heterocycles. The summed E-state index contributed by atoms with van der Waals surface area (Å²) in [6.07, 6.45) is 2.55. The zero-order valence-corrected chi connectivity index (χ0v) is 11.1. The van der Waals surface area contributed by atoms with Gasteiger partial charge in [0.15, 0.2) is 0 Å². The lowest BCUT2D eigenvalue weighted by Crippen LogP contribution is -2.36. The molecule has 1 aliphatic rings. The Morgan fingerprint density at radius 1 is 1.39 bits per heavy atom. The van der Waals surface area contributed by atoms with Crippen molar-refractivity contribution in [2.24, 2.45) is 5.73 Å². The second kappa shape index (κ2) is 5.40. The largest absolute Gasteiger partial charge is 0.384 e. The molecule has 1 fully saturated rings. The Hall–Kier alpha value is -1.55. The molecule has 4 heteroatoms. The van der Waals surface area contributed by atoms with Gasteiger partial charge in [0.1, 0.15) is 5.84 Å². The molecule has 98 valence electrons. The summed E-state index contributed by atoms with van der Waals surface area (Å²) in [5.74, 6) is 0.136. The van der Waals surface area contributed by atoms with Crippen molar-refractivity contribution >= 4 is 11.5 Å².